The second-order valence-corrected chi connectivity index (χ2v) is 21.4. The summed E-state index contributed by atoms with van der Waals surface area (Å²) in [5.74, 6) is -0.817. The number of rotatable bonds is 51. The number of phosphoric ester groups is 1. The molecule has 0 fully saturated rings. The molecule has 0 spiro atoms. The Hall–Kier alpha value is -3.07. The highest BCUT2D eigenvalue weighted by Crippen LogP contribution is 2.43. The van der Waals surface area contributed by atoms with Crippen molar-refractivity contribution in [2.75, 3.05) is 47.5 Å². The van der Waals surface area contributed by atoms with Crippen LogP contribution >= 0.6 is 7.82 Å². The van der Waals surface area contributed by atoms with Gasteiger partial charge in [0.2, 0.25) is 0 Å². The molecular weight excluding hydrogens is 906 g/mol. The molecule has 2 atom stereocenters. The SMILES string of the molecule is CC/C=C\C/C=C\C/C=C\C/C=C\C/C=C\C/C=C\CCCCCCCCCCCCCCCCC(=O)OC(COC(=O)CCCCCCC/C=C\C/C=C\CCCC)COP(=O)(O)OCC[N+](C)(C)C. The van der Waals surface area contributed by atoms with Crippen LogP contribution in [0, 0.1) is 0 Å². The molecule has 0 saturated heterocycles. The average Bonchev–Trinajstić information content (AvgIpc) is 3.33. The van der Waals surface area contributed by atoms with E-state index < -0.39 is 26.5 Å². The smallest absolute Gasteiger partial charge is 0.462 e. The summed E-state index contributed by atoms with van der Waals surface area (Å²) in [7, 11) is 1.46. The fourth-order valence-corrected chi connectivity index (χ4v) is 8.19. The van der Waals surface area contributed by atoms with Crippen LogP contribution < -0.4 is 0 Å². The van der Waals surface area contributed by atoms with Crippen LogP contribution in [-0.4, -0.2) is 74.9 Å². The van der Waals surface area contributed by atoms with Gasteiger partial charge in [-0.05, 0) is 89.9 Å². The van der Waals surface area contributed by atoms with Crippen molar-refractivity contribution in [1.29, 1.82) is 0 Å². The molecular formula is C61H107NO8P+. The van der Waals surface area contributed by atoms with E-state index in [1.165, 1.54) is 83.5 Å². The van der Waals surface area contributed by atoms with Crippen LogP contribution in [0.3, 0.4) is 0 Å². The molecule has 408 valence electrons. The standard InChI is InChI=1S/C61H106NO8P/c1-6-8-10-12-14-16-18-20-22-23-24-25-26-27-28-29-30-31-32-33-34-35-36-37-38-39-40-42-44-46-48-50-52-54-61(64)70-59(58-69-71(65,66)68-56-55-62(3,4)5)57-67-60(63)53-51-49-47-45-43-41-21-19-17-15-13-11-9-7-2/h8,10,13-16,19-22,24-25,27-28,30-31,59H,6-7,9,11-12,17-18,23,26,29,32-58H2,1-5H3/p+1/b10-8-,15-13-,16-14-,21-19-,22-20-,25-24-,28-27-,31-30-. The summed E-state index contributed by atoms with van der Waals surface area (Å²) in [5.41, 5.74) is 0. The monoisotopic (exact) mass is 1010 g/mol. The molecule has 0 amide bonds. The number of hydrogen-bond acceptors (Lipinski definition) is 7. The molecule has 0 radical (unpaired) electrons. The zero-order valence-corrected chi connectivity index (χ0v) is 47.1. The van der Waals surface area contributed by atoms with Gasteiger partial charge in [-0.15, -0.1) is 0 Å². The van der Waals surface area contributed by atoms with E-state index in [9.17, 15) is 19.0 Å². The summed E-state index contributed by atoms with van der Waals surface area (Å²) < 4.78 is 34.5. The van der Waals surface area contributed by atoms with Gasteiger partial charge < -0.3 is 18.9 Å². The van der Waals surface area contributed by atoms with Crippen molar-refractivity contribution >= 4 is 19.8 Å². The number of hydrogen-bond donors (Lipinski definition) is 1. The maximum absolute atomic E-state index is 12.8. The van der Waals surface area contributed by atoms with E-state index in [0.29, 0.717) is 17.4 Å². The predicted octanol–water partition coefficient (Wildman–Crippen LogP) is 17.6. The zero-order chi connectivity index (χ0) is 52.0. The van der Waals surface area contributed by atoms with E-state index in [-0.39, 0.29) is 32.0 Å². The van der Waals surface area contributed by atoms with Gasteiger partial charge in [0.05, 0.1) is 27.7 Å². The molecule has 0 saturated carbocycles. The number of carbonyl (C=O) groups excluding carboxylic acids is 2. The first-order valence-electron chi connectivity index (χ1n) is 28.5. The second-order valence-electron chi connectivity index (χ2n) is 19.9. The van der Waals surface area contributed by atoms with Crippen LogP contribution in [0.4, 0.5) is 0 Å². The molecule has 0 rings (SSSR count). The van der Waals surface area contributed by atoms with Crippen LogP contribution in [0.25, 0.3) is 0 Å². The van der Waals surface area contributed by atoms with Crippen LogP contribution in [0.2, 0.25) is 0 Å². The summed E-state index contributed by atoms with van der Waals surface area (Å²) in [6.45, 7) is 4.25. The number of allylic oxidation sites excluding steroid dienone is 16. The van der Waals surface area contributed by atoms with Gasteiger partial charge in [0.25, 0.3) is 0 Å². The van der Waals surface area contributed by atoms with E-state index in [4.69, 9.17) is 18.5 Å². The largest absolute Gasteiger partial charge is 0.472 e. The summed E-state index contributed by atoms with van der Waals surface area (Å²) in [6.07, 6.45) is 70.5. The third-order valence-corrected chi connectivity index (χ3v) is 12.8. The quantitative estimate of drug-likeness (QED) is 0.0211. The van der Waals surface area contributed by atoms with Crippen LogP contribution in [0.15, 0.2) is 97.2 Å². The lowest BCUT2D eigenvalue weighted by Crippen LogP contribution is -2.37. The molecule has 71 heavy (non-hydrogen) atoms. The summed E-state index contributed by atoms with van der Waals surface area (Å²) in [6, 6.07) is 0. The summed E-state index contributed by atoms with van der Waals surface area (Å²) in [5, 5.41) is 0. The Balaban J connectivity index is 4.10. The summed E-state index contributed by atoms with van der Waals surface area (Å²) in [4.78, 5) is 35.6. The van der Waals surface area contributed by atoms with E-state index in [2.05, 4.69) is 111 Å². The number of nitrogens with zero attached hydrogens (tertiary/aromatic N) is 1. The van der Waals surface area contributed by atoms with E-state index >= 15 is 0 Å². The predicted molar refractivity (Wildman–Crippen MR) is 302 cm³/mol. The molecule has 0 heterocycles. The lowest BCUT2D eigenvalue weighted by Gasteiger charge is -2.24. The normalized spacial score (nSPS) is 14.1. The third-order valence-electron chi connectivity index (χ3n) is 11.8. The minimum Gasteiger partial charge on any atom is -0.462 e. The van der Waals surface area contributed by atoms with Gasteiger partial charge in [0.1, 0.15) is 19.8 Å². The zero-order valence-electron chi connectivity index (χ0n) is 46.2. The van der Waals surface area contributed by atoms with Gasteiger partial charge in [0.15, 0.2) is 6.10 Å². The minimum atomic E-state index is -4.39. The Morgan fingerprint density at radius 2 is 0.803 bits per heavy atom. The average molecular weight is 1010 g/mol. The number of ether oxygens (including phenoxy) is 2. The maximum atomic E-state index is 12.8. The van der Waals surface area contributed by atoms with Crippen LogP contribution in [-0.2, 0) is 32.7 Å². The Kier molecular flexibility index (Phi) is 49.6. The number of unbranched alkanes of at least 4 members (excludes halogenated alkanes) is 21. The van der Waals surface area contributed by atoms with Gasteiger partial charge in [0, 0.05) is 12.8 Å². The molecule has 0 aliphatic carbocycles. The highest BCUT2D eigenvalue weighted by Gasteiger charge is 2.27. The topological polar surface area (TPSA) is 108 Å². The van der Waals surface area contributed by atoms with Crippen molar-refractivity contribution in [3.63, 3.8) is 0 Å². The molecule has 9 nitrogen and oxygen atoms in total. The molecule has 1 N–H and O–H groups in total. The molecule has 0 aromatic rings. The van der Waals surface area contributed by atoms with Crippen molar-refractivity contribution in [2.45, 2.75) is 232 Å². The van der Waals surface area contributed by atoms with E-state index in [1.807, 2.05) is 21.1 Å². The first-order valence-corrected chi connectivity index (χ1v) is 30.0. The lowest BCUT2D eigenvalue weighted by atomic mass is 10.0. The van der Waals surface area contributed by atoms with Gasteiger partial charge in [-0.3, -0.25) is 18.6 Å². The maximum Gasteiger partial charge on any atom is 0.472 e. The van der Waals surface area contributed by atoms with Crippen LogP contribution in [0.5, 0.6) is 0 Å². The fraction of sp³-hybridized carbons (Fsp3) is 0.705. The van der Waals surface area contributed by atoms with Crippen molar-refractivity contribution in [1.82, 2.24) is 0 Å². The Morgan fingerprint density at radius 1 is 0.451 bits per heavy atom. The van der Waals surface area contributed by atoms with E-state index in [0.717, 1.165) is 109 Å². The first-order chi connectivity index (χ1) is 34.5. The summed E-state index contributed by atoms with van der Waals surface area (Å²) >= 11 is 0. The van der Waals surface area contributed by atoms with Crippen LogP contribution in [0.1, 0.15) is 226 Å². The van der Waals surface area contributed by atoms with E-state index in [1.54, 1.807) is 0 Å². The molecule has 0 aromatic heterocycles. The number of carbonyl (C=O) groups is 2. The molecule has 10 heteroatoms. The third kappa shape index (κ3) is 56.1. The van der Waals surface area contributed by atoms with Crippen molar-refractivity contribution in [3.05, 3.63) is 97.2 Å². The Labute approximate surface area is 436 Å². The van der Waals surface area contributed by atoms with Gasteiger partial charge >= 0.3 is 19.8 Å². The van der Waals surface area contributed by atoms with Gasteiger partial charge in [-0.1, -0.05) is 220 Å². The lowest BCUT2D eigenvalue weighted by molar-refractivity contribution is -0.870. The molecule has 0 aliphatic rings. The molecule has 0 aromatic carbocycles. The van der Waals surface area contributed by atoms with Gasteiger partial charge in [-0.2, -0.15) is 0 Å². The minimum absolute atomic E-state index is 0.0257. The second kappa shape index (κ2) is 51.8. The Morgan fingerprint density at radius 3 is 1.20 bits per heavy atom. The van der Waals surface area contributed by atoms with Gasteiger partial charge in [-0.25, -0.2) is 4.57 Å². The molecule has 0 aliphatic heterocycles. The van der Waals surface area contributed by atoms with Crippen molar-refractivity contribution < 1.29 is 42.1 Å². The highest BCUT2D eigenvalue weighted by molar-refractivity contribution is 7.47. The Bertz CT molecular complexity index is 1520. The first kappa shape index (κ1) is 67.9. The number of likely N-dealkylation sites (N-methyl/N-ethyl adjacent to an activating group) is 1. The number of esters is 2. The number of phosphoric acid groups is 1. The fourth-order valence-electron chi connectivity index (χ4n) is 7.45. The van der Waals surface area contributed by atoms with Crippen molar-refractivity contribution in [2.24, 2.45) is 0 Å². The number of quaternary nitrogens is 1. The molecule has 2 unspecified atom stereocenters. The highest BCUT2D eigenvalue weighted by atomic mass is 31.2. The molecule has 0 bridgehead atoms. The van der Waals surface area contributed by atoms with Crippen molar-refractivity contribution in [3.8, 4) is 0 Å².